The molecular weight excluding hydrogens is 371 g/mol. The molecule has 0 unspecified atom stereocenters. The fourth-order valence-corrected chi connectivity index (χ4v) is 4.09. The molecule has 5 heteroatoms. The van der Waals surface area contributed by atoms with E-state index in [0.29, 0.717) is 5.56 Å². The smallest absolute Gasteiger partial charge is 0.399 e. The lowest BCUT2D eigenvalue weighted by molar-refractivity contribution is 0.00578. The molecule has 0 amide bonds. The summed E-state index contributed by atoms with van der Waals surface area (Å²) in [6, 6.07) is 24.7. The Labute approximate surface area is 176 Å². The summed E-state index contributed by atoms with van der Waals surface area (Å²) in [5.41, 5.74) is 4.08. The van der Waals surface area contributed by atoms with Crippen molar-refractivity contribution in [3.05, 3.63) is 72.3 Å². The van der Waals surface area contributed by atoms with Crippen LogP contribution in [0.3, 0.4) is 0 Å². The van der Waals surface area contributed by atoms with Crippen molar-refractivity contribution in [1.82, 2.24) is 4.57 Å². The topological polar surface area (TPSA) is 47.2 Å². The molecule has 0 radical (unpaired) electrons. The number of benzene rings is 3. The Hall–Kier alpha value is -3.07. The lowest BCUT2D eigenvalue weighted by atomic mass is 9.79. The van der Waals surface area contributed by atoms with Gasteiger partial charge in [-0.3, -0.25) is 0 Å². The maximum Gasteiger partial charge on any atom is 0.494 e. The van der Waals surface area contributed by atoms with Crippen molar-refractivity contribution in [2.75, 3.05) is 0 Å². The number of aromatic nitrogens is 1. The predicted molar refractivity (Wildman–Crippen MR) is 121 cm³/mol. The molecule has 30 heavy (non-hydrogen) atoms. The first-order valence-corrected chi connectivity index (χ1v) is 10.2. The maximum absolute atomic E-state index is 9.39. The van der Waals surface area contributed by atoms with Crippen molar-refractivity contribution in [2.24, 2.45) is 0 Å². The third-order valence-corrected chi connectivity index (χ3v) is 6.46. The molecule has 4 nitrogen and oxygen atoms in total. The second-order valence-electron chi connectivity index (χ2n) is 8.88. The van der Waals surface area contributed by atoms with Gasteiger partial charge in [0.05, 0.1) is 33.9 Å². The molecule has 0 aliphatic carbocycles. The first kappa shape index (κ1) is 18.9. The second-order valence-corrected chi connectivity index (χ2v) is 8.88. The van der Waals surface area contributed by atoms with Crippen LogP contribution in [-0.2, 0) is 9.31 Å². The molecule has 3 aromatic carbocycles. The van der Waals surface area contributed by atoms with Gasteiger partial charge < -0.3 is 13.9 Å². The molecule has 5 rings (SSSR count). The Kier molecular flexibility index (Phi) is 4.08. The van der Waals surface area contributed by atoms with Crippen LogP contribution in [0.5, 0.6) is 0 Å². The van der Waals surface area contributed by atoms with Crippen LogP contribution in [0.1, 0.15) is 33.3 Å². The van der Waals surface area contributed by atoms with E-state index >= 15 is 0 Å². The molecule has 1 fully saturated rings. The van der Waals surface area contributed by atoms with Gasteiger partial charge in [0.1, 0.15) is 0 Å². The molecule has 0 bridgehead atoms. The zero-order valence-corrected chi connectivity index (χ0v) is 17.6. The molecule has 1 aromatic heterocycles. The van der Waals surface area contributed by atoms with Crippen LogP contribution in [0.2, 0.25) is 0 Å². The Morgan fingerprint density at radius 3 is 2.17 bits per heavy atom. The van der Waals surface area contributed by atoms with Gasteiger partial charge >= 0.3 is 7.12 Å². The van der Waals surface area contributed by atoms with Crippen LogP contribution in [0.4, 0.5) is 0 Å². The number of para-hydroxylation sites is 1. The van der Waals surface area contributed by atoms with E-state index in [2.05, 4.69) is 68.7 Å². The van der Waals surface area contributed by atoms with Gasteiger partial charge in [-0.2, -0.15) is 5.26 Å². The summed E-state index contributed by atoms with van der Waals surface area (Å²) in [6.07, 6.45) is 0. The zero-order chi connectivity index (χ0) is 21.1. The highest BCUT2D eigenvalue weighted by Crippen LogP contribution is 2.37. The predicted octanol–water partition coefficient (Wildman–Crippen LogP) is 4.95. The van der Waals surface area contributed by atoms with E-state index in [1.54, 1.807) is 0 Å². The van der Waals surface area contributed by atoms with Crippen molar-refractivity contribution >= 4 is 34.4 Å². The van der Waals surface area contributed by atoms with Crippen molar-refractivity contribution in [1.29, 1.82) is 5.26 Å². The van der Waals surface area contributed by atoms with Crippen molar-refractivity contribution < 1.29 is 9.31 Å². The van der Waals surface area contributed by atoms with Gasteiger partial charge in [0.25, 0.3) is 0 Å². The van der Waals surface area contributed by atoms with E-state index in [0.717, 1.165) is 33.0 Å². The van der Waals surface area contributed by atoms with E-state index in [1.165, 1.54) is 0 Å². The zero-order valence-electron chi connectivity index (χ0n) is 17.6. The summed E-state index contributed by atoms with van der Waals surface area (Å²) >= 11 is 0. The van der Waals surface area contributed by atoms with Crippen LogP contribution in [0.15, 0.2) is 66.7 Å². The number of nitriles is 1. The van der Waals surface area contributed by atoms with Crippen molar-refractivity contribution in [3.63, 3.8) is 0 Å². The summed E-state index contributed by atoms with van der Waals surface area (Å²) in [6.45, 7) is 8.26. The summed E-state index contributed by atoms with van der Waals surface area (Å²) in [5, 5.41) is 11.6. The molecule has 4 aromatic rings. The molecular formula is C25H23BN2O2. The molecule has 2 heterocycles. The van der Waals surface area contributed by atoms with Gasteiger partial charge in [-0.15, -0.1) is 0 Å². The third-order valence-electron chi connectivity index (χ3n) is 6.46. The van der Waals surface area contributed by atoms with Crippen LogP contribution in [0.25, 0.3) is 27.5 Å². The lowest BCUT2D eigenvalue weighted by Gasteiger charge is -2.32. The highest BCUT2D eigenvalue weighted by Gasteiger charge is 2.51. The van der Waals surface area contributed by atoms with Crippen molar-refractivity contribution in [3.8, 4) is 11.8 Å². The quantitative estimate of drug-likeness (QED) is 0.452. The average Bonchev–Trinajstić information content (AvgIpc) is 3.17. The summed E-state index contributed by atoms with van der Waals surface area (Å²) < 4.78 is 14.8. The standard InChI is InChI=1S/C25H23BN2O2/c1-24(2)25(3,4)30-26(29-24)18-11-12-20-21-14-17(16-27)10-13-22(21)28(23(20)15-18)19-8-6-5-7-9-19/h5-15H,1-4H3. The van der Waals surface area contributed by atoms with Crippen LogP contribution in [-0.4, -0.2) is 22.9 Å². The minimum Gasteiger partial charge on any atom is -0.399 e. The Bertz CT molecular complexity index is 1300. The third kappa shape index (κ3) is 2.76. The first-order chi connectivity index (χ1) is 14.3. The first-order valence-electron chi connectivity index (χ1n) is 10.2. The van der Waals surface area contributed by atoms with Crippen LogP contribution < -0.4 is 5.46 Å². The molecule has 0 spiro atoms. The Morgan fingerprint density at radius 1 is 0.800 bits per heavy atom. The van der Waals surface area contributed by atoms with Gasteiger partial charge in [0.15, 0.2) is 0 Å². The van der Waals surface area contributed by atoms with Crippen LogP contribution in [0, 0.1) is 11.3 Å². The van der Waals surface area contributed by atoms with E-state index in [1.807, 2.05) is 36.4 Å². The molecule has 148 valence electrons. The summed E-state index contributed by atoms with van der Waals surface area (Å²) in [7, 11) is -0.420. The Balaban J connectivity index is 1.76. The molecule has 0 atom stereocenters. The number of rotatable bonds is 2. The van der Waals surface area contributed by atoms with Crippen LogP contribution >= 0.6 is 0 Å². The minimum atomic E-state index is -0.420. The Morgan fingerprint density at radius 2 is 1.50 bits per heavy atom. The fourth-order valence-electron chi connectivity index (χ4n) is 4.09. The molecule has 1 aliphatic heterocycles. The minimum absolute atomic E-state index is 0.388. The van der Waals surface area contributed by atoms with E-state index in [9.17, 15) is 5.26 Å². The molecule has 1 aliphatic rings. The largest absolute Gasteiger partial charge is 0.494 e. The normalized spacial score (nSPS) is 17.5. The number of hydrogen-bond acceptors (Lipinski definition) is 3. The molecule has 0 saturated carbocycles. The number of nitrogens with zero attached hydrogens (tertiary/aromatic N) is 2. The van der Waals surface area contributed by atoms with Gasteiger partial charge in [-0.1, -0.05) is 30.3 Å². The van der Waals surface area contributed by atoms with E-state index < -0.39 is 7.12 Å². The second kappa shape index (κ2) is 6.47. The fraction of sp³-hybridized carbons (Fsp3) is 0.240. The highest BCUT2D eigenvalue weighted by atomic mass is 16.7. The lowest BCUT2D eigenvalue weighted by Crippen LogP contribution is -2.41. The van der Waals surface area contributed by atoms with Gasteiger partial charge in [0, 0.05) is 16.5 Å². The maximum atomic E-state index is 9.39. The van der Waals surface area contributed by atoms with Gasteiger partial charge in [0.2, 0.25) is 0 Å². The van der Waals surface area contributed by atoms with Gasteiger partial charge in [-0.05, 0) is 69.6 Å². The monoisotopic (exact) mass is 394 g/mol. The van der Waals surface area contributed by atoms with E-state index in [-0.39, 0.29) is 11.2 Å². The summed E-state index contributed by atoms with van der Waals surface area (Å²) in [5.74, 6) is 0. The van der Waals surface area contributed by atoms with Gasteiger partial charge in [-0.25, -0.2) is 0 Å². The van der Waals surface area contributed by atoms with E-state index in [4.69, 9.17) is 9.31 Å². The number of hydrogen-bond donors (Lipinski definition) is 0. The SMILES string of the molecule is CC1(C)OB(c2ccc3c4cc(C#N)ccc4n(-c4ccccc4)c3c2)OC1(C)C. The summed E-state index contributed by atoms with van der Waals surface area (Å²) in [4.78, 5) is 0. The average molecular weight is 394 g/mol. The highest BCUT2D eigenvalue weighted by molar-refractivity contribution is 6.62. The number of fused-ring (bicyclic) bond motifs is 3. The molecule has 1 saturated heterocycles. The molecule has 0 N–H and O–H groups in total. The van der Waals surface area contributed by atoms with Crippen molar-refractivity contribution in [2.45, 2.75) is 38.9 Å².